The minimum Gasteiger partial charge on any atom is -0.486 e. The second-order valence-electron chi connectivity index (χ2n) is 7.40. The van der Waals surface area contributed by atoms with Crippen LogP contribution in [-0.4, -0.2) is 37.1 Å². The van der Waals surface area contributed by atoms with Gasteiger partial charge in [0.05, 0.1) is 13.2 Å². The molecule has 31 heavy (non-hydrogen) atoms. The average Bonchev–Trinajstić information content (AvgIpc) is 3.28. The first-order chi connectivity index (χ1) is 15.2. The van der Waals surface area contributed by atoms with Gasteiger partial charge >= 0.3 is 0 Å². The van der Waals surface area contributed by atoms with Crippen molar-refractivity contribution in [2.75, 3.05) is 26.3 Å². The number of benzene rings is 2. The van der Waals surface area contributed by atoms with E-state index >= 15 is 0 Å². The number of nitrogens with one attached hydrogen (secondary N) is 1. The Morgan fingerprint density at radius 2 is 1.68 bits per heavy atom. The monoisotopic (exact) mass is 424 g/mol. The van der Waals surface area contributed by atoms with Gasteiger partial charge in [-0.15, -0.1) is 0 Å². The molecule has 0 radical (unpaired) electrons. The minimum absolute atomic E-state index is 0.156. The van der Waals surface area contributed by atoms with Crippen LogP contribution in [0, 0.1) is 5.82 Å². The Bertz CT molecular complexity index is 980. The molecule has 1 aliphatic heterocycles. The molecule has 2 heterocycles. The summed E-state index contributed by atoms with van der Waals surface area (Å²) in [6.45, 7) is 4.97. The fourth-order valence-corrected chi connectivity index (χ4v) is 3.31. The fourth-order valence-electron chi connectivity index (χ4n) is 3.31. The molecule has 0 spiro atoms. The van der Waals surface area contributed by atoms with Crippen molar-refractivity contribution in [3.63, 3.8) is 0 Å². The molecule has 0 atom stereocenters. The minimum atomic E-state index is -0.323. The molecule has 0 saturated carbocycles. The lowest BCUT2D eigenvalue weighted by atomic mass is 10.1. The van der Waals surface area contributed by atoms with Crippen LogP contribution in [0.5, 0.6) is 5.75 Å². The van der Waals surface area contributed by atoms with Crippen LogP contribution in [0.15, 0.2) is 65.1 Å². The number of ether oxygens (including phenoxy) is 2. The summed E-state index contributed by atoms with van der Waals surface area (Å²) in [5.41, 5.74) is 2.26. The summed E-state index contributed by atoms with van der Waals surface area (Å²) in [7, 11) is 0. The molecular weight excluding hydrogens is 399 g/mol. The number of hydrogen-bond acceptors (Lipinski definition) is 5. The highest BCUT2D eigenvalue weighted by Crippen LogP contribution is 2.15. The van der Waals surface area contributed by atoms with E-state index in [9.17, 15) is 9.18 Å². The van der Waals surface area contributed by atoms with Gasteiger partial charge in [-0.2, -0.15) is 0 Å². The maximum absolute atomic E-state index is 12.9. The first-order valence-corrected chi connectivity index (χ1v) is 10.3. The number of carbonyl (C=O) groups is 1. The second-order valence-corrected chi connectivity index (χ2v) is 7.40. The van der Waals surface area contributed by atoms with E-state index in [0.717, 1.165) is 38.4 Å². The molecule has 7 heteroatoms. The molecule has 1 amide bonds. The van der Waals surface area contributed by atoms with Gasteiger partial charge in [-0.1, -0.05) is 24.3 Å². The fraction of sp³-hybridized carbons (Fsp3) is 0.292. The Morgan fingerprint density at radius 1 is 0.968 bits per heavy atom. The average molecular weight is 424 g/mol. The van der Waals surface area contributed by atoms with Crippen molar-refractivity contribution in [3.05, 3.63) is 89.1 Å². The van der Waals surface area contributed by atoms with Gasteiger partial charge in [-0.05, 0) is 47.5 Å². The topological polar surface area (TPSA) is 63.9 Å². The molecule has 3 aromatic rings. The third-order valence-corrected chi connectivity index (χ3v) is 5.07. The zero-order valence-corrected chi connectivity index (χ0v) is 17.2. The molecule has 0 aliphatic carbocycles. The van der Waals surface area contributed by atoms with Gasteiger partial charge < -0.3 is 19.2 Å². The Hall–Kier alpha value is -3.16. The van der Waals surface area contributed by atoms with E-state index in [2.05, 4.69) is 22.3 Å². The Morgan fingerprint density at radius 3 is 2.42 bits per heavy atom. The number of carbonyl (C=O) groups excluding carboxylic acids is 1. The number of furan rings is 1. The maximum Gasteiger partial charge on any atom is 0.287 e. The molecule has 4 rings (SSSR count). The SMILES string of the molecule is O=C(NCc1ccc(CN2CCOCC2)cc1)c1ccc(COc2ccc(F)cc2)o1. The van der Waals surface area contributed by atoms with Gasteiger partial charge in [0, 0.05) is 26.2 Å². The third-order valence-electron chi connectivity index (χ3n) is 5.07. The van der Waals surface area contributed by atoms with E-state index in [-0.39, 0.29) is 24.1 Å². The summed E-state index contributed by atoms with van der Waals surface area (Å²) in [6.07, 6.45) is 0. The molecular formula is C24H25FN2O4. The van der Waals surface area contributed by atoms with Crippen LogP contribution < -0.4 is 10.1 Å². The molecule has 6 nitrogen and oxygen atoms in total. The van der Waals surface area contributed by atoms with Gasteiger partial charge in [0.15, 0.2) is 5.76 Å². The molecule has 0 bridgehead atoms. The lowest BCUT2D eigenvalue weighted by molar-refractivity contribution is 0.0342. The van der Waals surface area contributed by atoms with Gasteiger partial charge in [0.25, 0.3) is 5.91 Å². The predicted molar refractivity (Wildman–Crippen MR) is 113 cm³/mol. The van der Waals surface area contributed by atoms with E-state index in [1.165, 1.54) is 29.8 Å². The molecule has 1 saturated heterocycles. The van der Waals surface area contributed by atoms with Crippen LogP contribution in [0.4, 0.5) is 4.39 Å². The maximum atomic E-state index is 12.9. The molecule has 1 aliphatic rings. The van der Waals surface area contributed by atoms with Gasteiger partial charge in [0.1, 0.15) is 23.9 Å². The zero-order chi connectivity index (χ0) is 21.5. The molecule has 2 aromatic carbocycles. The van der Waals surface area contributed by atoms with Gasteiger partial charge in [-0.25, -0.2) is 4.39 Å². The first kappa shape index (κ1) is 21.1. The summed E-state index contributed by atoms with van der Waals surface area (Å²) >= 11 is 0. The highest BCUT2D eigenvalue weighted by Gasteiger charge is 2.13. The normalized spacial score (nSPS) is 14.4. The summed E-state index contributed by atoms with van der Waals surface area (Å²) in [5.74, 6) is 0.658. The number of morpholine rings is 1. The Balaban J connectivity index is 1.23. The van der Waals surface area contributed by atoms with Crippen LogP contribution in [0.2, 0.25) is 0 Å². The predicted octanol–water partition coefficient (Wildman–Crippen LogP) is 3.76. The van der Waals surface area contributed by atoms with Gasteiger partial charge in [-0.3, -0.25) is 9.69 Å². The molecule has 162 valence electrons. The summed E-state index contributed by atoms with van der Waals surface area (Å²) < 4.78 is 29.4. The lowest BCUT2D eigenvalue weighted by Crippen LogP contribution is -2.35. The summed E-state index contributed by atoms with van der Waals surface area (Å²) in [4.78, 5) is 14.7. The van der Waals surface area contributed by atoms with E-state index in [1.54, 1.807) is 12.1 Å². The van der Waals surface area contributed by atoms with Crippen LogP contribution in [0.25, 0.3) is 0 Å². The van der Waals surface area contributed by atoms with Crippen molar-refractivity contribution in [1.29, 1.82) is 0 Å². The van der Waals surface area contributed by atoms with Crippen LogP contribution in [0.3, 0.4) is 0 Å². The van der Waals surface area contributed by atoms with Crippen molar-refractivity contribution < 1.29 is 23.1 Å². The Labute approximate surface area is 180 Å². The first-order valence-electron chi connectivity index (χ1n) is 10.3. The van der Waals surface area contributed by atoms with Crippen molar-refractivity contribution >= 4 is 5.91 Å². The van der Waals surface area contributed by atoms with Crippen LogP contribution >= 0.6 is 0 Å². The standard InChI is InChI=1S/C24H25FN2O4/c25-20-5-7-21(8-6-20)30-17-22-9-10-23(31-22)24(28)26-15-18-1-3-19(4-2-18)16-27-11-13-29-14-12-27/h1-10H,11-17H2,(H,26,28). The van der Waals surface area contributed by atoms with Gasteiger partial charge in [0.2, 0.25) is 0 Å². The second kappa shape index (κ2) is 10.2. The van der Waals surface area contributed by atoms with Crippen molar-refractivity contribution in [1.82, 2.24) is 10.2 Å². The molecule has 1 N–H and O–H groups in total. The third kappa shape index (κ3) is 6.16. The van der Waals surface area contributed by atoms with Crippen molar-refractivity contribution in [3.8, 4) is 5.75 Å². The zero-order valence-electron chi connectivity index (χ0n) is 17.2. The number of nitrogens with zero attached hydrogens (tertiary/aromatic N) is 1. The summed E-state index contributed by atoms with van der Waals surface area (Å²) in [5, 5.41) is 2.87. The van der Waals surface area contributed by atoms with E-state index < -0.39 is 0 Å². The molecule has 1 aromatic heterocycles. The lowest BCUT2D eigenvalue weighted by Gasteiger charge is -2.26. The van der Waals surface area contributed by atoms with E-state index in [0.29, 0.717) is 18.1 Å². The largest absolute Gasteiger partial charge is 0.486 e. The number of amides is 1. The molecule has 0 unspecified atom stereocenters. The number of hydrogen-bond donors (Lipinski definition) is 1. The van der Waals surface area contributed by atoms with Crippen molar-refractivity contribution in [2.24, 2.45) is 0 Å². The quantitative estimate of drug-likeness (QED) is 0.597. The Kier molecular flexibility index (Phi) is 6.96. The van der Waals surface area contributed by atoms with Crippen LogP contribution in [-0.2, 0) is 24.4 Å². The van der Waals surface area contributed by atoms with Crippen molar-refractivity contribution in [2.45, 2.75) is 19.7 Å². The highest BCUT2D eigenvalue weighted by molar-refractivity contribution is 5.91. The molecule has 1 fully saturated rings. The summed E-state index contributed by atoms with van der Waals surface area (Å²) in [6, 6.07) is 17.3. The highest BCUT2D eigenvalue weighted by atomic mass is 19.1. The van der Waals surface area contributed by atoms with E-state index in [1.807, 2.05) is 12.1 Å². The number of rotatable bonds is 8. The van der Waals surface area contributed by atoms with Crippen LogP contribution in [0.1, 0.15) is 27.4 Å². The van der Waals surface area contributed by atoms with E-state index in [4.69, 9.17) is 13.9 Å². The number of halogens is 1. The smallest absolute Gasteiger partial charge is 0.287 e.